The summed E-state index contributed by atoms with van der Waals surface area (Å²) < 4.78 is 13.5. The molecule has 3 heterocycles. The normalized spacial score (nSPS) is 12.8. The lowest BCUT2D eigenvalue weighted by molar-refractivity contribution is 0.668. The summed E-state index contributed by atoms with van der Waals surface area (Å²) in [6.45, 7) is 8.67. The van der Waals surface area contributed by atoms with Crippen LogP contribution in [0, 0.1) is 27.7 Å². The molecule has 364 valence electrons. The molecule has 13 aromatic rings. The third kappa shape index (κ3) is 7.15. The molecule has 0 unspecified atom stereocenters. The Morgan fingerprint density at radius 2 is 0.776 bits per heavy atom. The van der Waals surface area contributed by atoms with E-state index in [0.29, 0.717) is 0 Å². The van der Waals surface area contributed by atoms with Crippen molar-refractivity contribution in [3.8, 4) is 0 Å². The minimum absolute atomic E-state index is 0.768. The summed E-state index contributed by atoms with van der Waals surface area (Å²) in [5, 5.41) is 4.38. The first-order valence-corrected chi connectivity index (χ1v) is 26.1. The molecule has 11 aromatic carbocycles. The zero-order valence-corrected chi connectivity index (χ0v) is 42.8. The van der Waals surface area contributed by atoms with Crippen molar-refractivity contribution < 1.29 is 8.83 Å². The average Bonchev–Trinajstić information content (AvgIpc) is 4.18. The molecule has 0 fully saturated rings. The summed E-state index contributed by atoms with van der Waals surface area (Å²) in [5.74, 6) is 0. The quantitative estimate of drug-likeness (QED) is 0.144. The van der Waals surface area contributed by atoms with E-state index in [1.165, 1.54) is 33.4 Å². The van der Waals surface area contributed by atoms with Crippen molar-refractivity contribution in [2.24, 2.45) is 0 Å². The average molecular weight is 980 g/mol. The fourth-order valence-corrected chi connectivity index (χ4v) is 12.1. The molecular formula is C71H53N3O2. The van der Waals surface area contributed by atoms with E-state index in [2.05, 4.69) is 279 Å². The van der Waals surface area contributed by atoms with E-state index in [-0.39, 0.29) is 0 Å². The van der Waals surface area contributed by atoms with Crippen molar-refractivity contribution in [1.82, 2.24) is 0 Å². The maximum Gasteiger partial charge on any atom is 0.159 e. The zero-order chi connectivity index (χ0) is 51.1. The van der Waals surface area contributed by atoms with Gasteiger partial charge in [-0.2, -0.15) is 0 Å². The van der Waals surface area contributed by atoms with Crippen LogP contribution in [0.15, 0.2) is 258 Å². The summed E-state index contributed by atoms with van der Waals surface area (Å²) in [7, 11) is 0. The Hall–Kier alpha value is -9.58. The van der Waals surface area contributed by atoms with Gasteiger partial charge in [-0.3, -0.25) is 0 Å². The predicted octanol–water partition coefficient (Wildman–Crippen LogP) is 19.8. The highest BCUT2D eigenvalue weighted by molar-refractivity contribution is 6.11. The van der Waals surface area contributed by atoms with Crippen LogP contribution in [0.5, 0.6) is 0 Å². The van der Waals surface area contributed by atoms with Crippen molar-refractivity contribution in [2.45, 2.75) is 33.1 Å². The molecule has 0 amide bonds. The molecule has 0 spiro atoms. The molecule has 5 heteroatoms. The first-order chi connectivity index (χ1) is 37.3. The highest BCUT2D eigenvalue weighted by atomic mass is 16.3. The number of rotatable bonds is 9. The van der Waals surface area contributed by atoms with Crippen molar-refractivity contribution >= 4 is 95.1 Å². The van der Waals surface area contributed by atoms with Gasteiger partial charge in [0, 0.05) is 50.0 Å². The van der Waals surface area contributed by atoms with E-state index in [1.807, 2.05) is 12.1 Å². The van der Waals surface area contributed by atoms with Gasteiger partial charge in [0.25, 0.3) is 0 Å². The molecule has 2 aromatic heterocycles. The Labute approximate surface area is 442 Å². The fraction of sp³-hybridized carbons (Fsp3) is 0.0704. The lowest BCUT2D eigenvalue weighted by atomic mass is 9.62. The molecule has 5 nitrogen and oxygen atoms in total. The highest BCUT2D eigenvalue weighted by Crippen LogP contribution is 2.59. The van der Waals surface area contributed by atoms with E-state index >= 15 is 0 Å². The molecule has 1 aliphatic rings. The second-order valence-electron chi connectivity index (χ2n) is 20.4. The maximum absolute atomic E-state index is 6.74. The van der Waals surface area contributed by atoms with Crippen LogP contribution < -0.4 is 14.7 Å². The Morgan fingerprint density at radius 3 is 1.32 bits per heavy atom. The van der Waals surface area contributed by atoms with E-state index in [9.17, 15) is 0 Å². The van der Waals surface area contributed by atoms with Crippen LogP contribution in [0.3, 0.4) is 0 Å². The molecule has 0 aliphatic carbocycles. The van der Waals surface area contributed by atoms with E-state index in [1.54, 1.807) is 0 Å². The van der Waals surface area contributed by atoms with Crippen LogP contribution in [0.4, 0.5) is 51.2 Å². The van der Waals surface area contributed by atoms with Crippen LogP contribution in [0.25, 0.3) is 43.9 Å². The zero-order valence-electron chi connectivity index (χ0n) is 42.8. The number of para-hydroxylation sites is 5. The number of furan rings is 2. The molecule has 0 atom stereocenters. The molecule has 0 saturated heterocycles. The van der Waals surface area contributed by atoms with Crippen LogP contribution in [-0.4, -0.2) is 0 Å². The van der Waals surface area contributed by atoms with Gasteiger partial charge in [-0.1, -0.05) is 163 Å². The predicted molar refractivity (Wildman–Crippen MR) is 316 cm³/mol. The van der Waals surface area contributed by atoms with E-state index in [0.717, 1.165) is 106 Å². The summed E-state index contributed by atoms with van der Waals surface area (Å²) >= 11 is 0. The summed E-state index contributed by atoms with van der Waals surface area (Å²) in [5.41, 5.74) is 21.6. The largest absolute Gasteiger partial charge is 0.454 e. The van der Waals surface area contributed by atoms with Crippen molar-refractivity contribution in [1.29, 1.82) is 0 Å². The van der Waals surface area contributed by atoms with Crippen molar-refractivity contribution in [2.75, 3.05) is 14.7 Å². The smallest absolute Gasteiger partial charge is 0.159 e. The molecule has 1 aliphatic heterocycles. The van der Waals surface area contributed by atoms with Gasteiger partial charge in [0.15, 0.2) is 11.2 Å². The van der Waals surface area contributed by atoms with Crippen LogP contribution in [0.2, 0.25) is 0 Å². The van der Waals surface area contributed by atoms with E-state index < -0.39 is 5.41 Å². The molecule has 0 radical (unpaired) electrons. The van der Waals surface area contributed by atoms with Gasteiger partial charge in [0.2, 0.25) is 0 Å². The van der Waals surface area contributed by atoms with Gasteiger partial charge >= 0.3 is 0 Å². The Morgan fingerprint density at radius 1 is 0.329 bits per heavy atom. The third-order valence-electron chi connectivity index (χ3n) is 15.5. The molecule has 0 bridgehead atoms. The molecule has 0 saturated carbocycles. The van der Waals surface area contributed by atoms with Gasteiger partial charge in [0.05, 0.1) is 28.2 Å². The number of hydrogen-bond donors (Lipinski definition) is 0. The number of aryl methyl sites for hydroxylation is 4. The summed E-state index contributed by atoms with van der Waals surface area (Å²) in [4.78, 5) is 7.14. The topological polar surface area (TPSA) is 36.0 Å². The number of benzene rings is 11. The van der Waals surface area contributed by atoms with Crippen LogP contribution in [-0.2, 0) is 5.41 Å². The second kappa shape index (κ2) is 17.8. The number of hydrogen-bond acceptors (Lipinski definition) is 5. The highest BCUT2D eigenvalue weighted by Gasteiger charge is 2.47. The monoisotopic (exact) mass is 979 g/mol. The first kappa shape index (κ1) is 45.1. The summed E-state index contributed by atoms with van der Waals surface area (Å²) in [6, 6.07) is 90.6. The second-order valence-corrected chi connectivity index (χ2v) is 20.4. The Balaban J connectivity index is 0.999. The maximum atomic E-state index is 6.74. The van der Waals surface area contributed by atoms with Crippen molar-refractivity contribution in [3.63, 3.8) is 0 Å². The van der Waals surface area contributed by atoms with Crippen molar-refractivity contribution in [3.05, 3.63) is 293 Å². The van der Waals surface area contributed by atoms with Gasteiger partial charge in [-0.25, -0.2) is 0 Å². The van der Waals surface area contributed by atoms with Gasteiger partial charge in [0.1, 0.15) is 11.2 Å². The first-order valence-electron chi connectivity index (χ1n) is 26.1. The standard InChI is InChI=1S/C71H53N3O2/c1-46-29-36-54(37-30-46)74-63-24-8-7-23-61(63)71(62-45-49(4)31-42-64(62)74,50-32-38-52(39-33-50)72(55-17-11-15-47(2)43-55)65-25-13-21-59-57-19-5-9-27-67(57)75-69(59)65)51-34-40-53(41-35-51)73(56-18-12-16-48(3)44-56)66-26-14-22-60-58-20-6-10-28-68(58)76-70(60)66/h5-45H,1-4H3. The molecule has 76 heavy (non-hydrogen) atoms. The fourth-order valence-electron chi connectivity index (χ4n) is 12.1. The van der Waals surface area contributed by atoms with Gasteiger partial charge < -0.3 is 23.5 Å². The minimum Gasteiger partial charge on any atom is -0.454 e. The number of fused-ring (bicyclic) bond motifs is 8. The van der Waals surface area contributed by atoms with Gasteiger partial charge in [-0.05, 0) is 158 Å². The number of anilines is 9. The Kier molecular flexibility index (Phi) is 10.6. The van der Waals surface area contributed by atoms with Crippen LogP contribution in [0.1, 0.15) is 44.5 Å². The Bertz CT molecular complexity index is 4150. The SMILES string of the molecule is Cc1ccc(N2c3ccccc3C(c3ccc(N(c4cccc(C)c4)c4cccc5c4oc4ccccc45)cc3)(c3ccc(N(c4cccc(C)c4)c4cccc5c4oc4ccccc45)cc3)c3cc(C)ccc32)cc1. The summed E-state index contributed by atoms with van der Waals surface area (Å²) in [6.07, 6.45) is 0. The van der Waals surface area contributed by atoms with Gasteiger partial charge in [-0.15, -0.1) is 0 Å². The number of nitrogens with zero attached hydrogens (tertiary/aromatic N) is 3. The molecular weight excluding hydrogens is 927 g/mol. The van der Waals surface area contributed by atoms with Crippen LogP contribution >= 0.6 is 0 Å². The van der Waals surface area contributed by atoms with E-state index in [4.69, 9.17) is 8.83 Å². The molecule has 0 N–H and O–H groups in total. The third-order valence-corrected chi connectivity index (χ3v) is 15.5. The minimum atomic E-state index is -0.768. The molecule has 14 rings (SSSR count). The lowest BCUT2D eigenvalue weighted by Crippen LogP contribution is -2.38. The lowest BCUT2D eigenvalue weighted by Gasteiger charge is -2.47.